The first-order valence-electron chi connectivity index (χ1n) is 4.57. The van der Waals surface area contributed by atoms with Gasteiger partial charge in [0.2, 0.25) is 0 Å². The van der Waals surface area contributed by atoms with Crippen LogP contribution < -0.4 is 16.2 Å². The van der Waals surface area contributed by atoms with Gasteiger partial charge in [0.15, 0.2) is 0 Å². The first-order valence-corrected chi connectivity index (χ1v) is 5.73. The summed E-state index contributed by atoms with van der Waals surface area (Å²) in [5.41, 5.74) is 6.35. The van der Waals surface area contributed by atoms with Gasteiger partial charge >= 0.3 is 0 Å². The minimum Gasteiger partial charge on any atom is -0.382 e. The normalized spacial score (nSPS) is 17.4. The number of nitrogen functional groups attached to an aromatic ring is 1. The smallest absolute Gasteiger partial charge is 0.292 e. The van der Waals surface area contributed by atoms with Crippen molar-refractivity contribution in [2.24, 2.45) is 7.05 Å². The van der Waals surface area contributed by atoms with Crippen molar-refractivity contribution in [2.75, 3.05) is 35.2 Å². The molecule has 78 valence electrons. The molecule has 14 heavy (non-hydrogen) atoms. The molecule has 1 aliphatic rings. The zero-order valence-corrected chi connectivity index (χ0v) is 8.93. The average molecular weight is 214 g/mol. The Morgan fingerprint density at radius 3 is 2.57 bits per heavy atom. The topological polar surface area (TPSA) is 67.0 Å². The second-order valence-corrected chi connectivity index (χ2v) is 4.56. The van der Waals surface area contributed by atoms with E-state index in [2.05, 4.69) is 10.00 Å². The van der Waals surface area contributed by atoms with Crippen molar-refractivity contribution in [3.63, 3.8) is 0 Å². The lowest BCUT2D eigenvalue weighted by atomic mass is 10.4. The predicted molar refractivity (Wildman–Crippen MR) is 60.0 cm³/mol. The molecule has 0 aliphatic carbocycles. The molecule has 2 heterocycles. The minimum atomic E-state index is -0.0330. The molecule has 0 spiro atoms. The van der Waals surface area contributed by atoms with Crippen LogP contribution >= 0.6 is 11.8 Å². The lowest BCUT2D eigenvalue weighted by molar-refractivity contribution is 0.740. The number of rotatable bonds is 1. The molecule has 1 fully saturated rings. The fourth-order valence-electron chi connectivity index (χ4n) is 1.65. The van der Waals surface area contributed by atoms with Crippen molar-refractivity contribution >= 4 is 23.3 Å². The molecule has 0 atom stereocenters. The fourth-order valence-corrected chi connectivity index (χ4v) is 2.55. The van der Waals surface area contributed by atoms with E-state index in [0.29, 0.717) is 11.5 Å². The standard InChI is InChI=1S/C8H14N4OS/c1-11-8(13)6(7(9)10-11)12-2-4-14-5-3-12/h10H,2-5,9H2,1H3. The average Bonchev–Trinajstić information content (AvgIpc) is 2.43. The molecule has 1 aliphatic heterocycles. The molecule has 0 unspecified atom stereocenters. The van der Waals surface area contributed by atoms with E-state index in [4.69, 9.17) is 5.73 Å². The number of anilines is 2. The highest BCUT2D eigenvalue weighted by Crippen LogP contribution is 2.20. The summed E-state index contributed by atoms with van der Waals surface area (Å²) in [6.45, 7) is 1.81. The van der Waals surface area contributed by atoms with Gasteiger partial charge in [0, 0.05) is 31.6 Å². The van der Waals surface area contributed by atoms with Crippen LogP contribution in [0.1, 0.15) is 0 Å². The molecule has 1 aromatic heterocycles. The van der Waals surface area contributed by atoms with Crippen molar-refractivity contribution in [3.05, 3.63) is 10.4 Å². The number of H-pyrrole nitrogens is 1. The van der Waals surface area contributed by atoms with Crippen LogP contribution in [0.2, 0.25) is 0 Å². The van der Waals surface area contributed by atoms with Crippen molar-refractivity contribution in [1.82, 2.24) is 9.78 Å². The van der Waals surface area contributed by atoms with Gasteiger partial charge in [0.25, 0.3) is 5.56 Å². The molecule has 0 saturated carbocycles. The molecule has 0 amide bonds. The number of aromatic amines is 1. The SMILES string of the molecule is Cn1[nH]c(N)c(N2CCSCC2)c1=O. The highest BCUT2D eigenvalue weighted by molar-refractivity contribution is 7.99. The highest BCUT2D eigenvalue weighted by Gasteiger charge is 2.19. The number of hydrogen-bond acceptors (Lipinski definition) is 4. The van der Waals surface area contributed by atoms with Gasteiger partial charge < -0.3 is 10.6 Å². The Kier molecular flexibility index (Phi) is 2.45. The maximum atomic E-state index is 11.7. The molecule has 0 radical (unpaired) electrons. The molecule has 6 heteroatoms. The van der Waals surface area contributed by atoms with Gasteiger partial charge in [-0.3, -0.25) is 14.6 Å². The minimum absolute atomic E-state index is 0.0330. The fraction of sp³-hybridized carbons (Fsp3) is 0.625. The Morgan fingerprint density at radius 2 is 2.07 bits per heavy atom. The Labute approximate surface area is 86.2 Å². The molecule has 3 N–H and O–H groups in total. The predicted octanol–water partition coefficient (Wildman–Crippen LogP) is -0.151. The second kappa shape index (κ2) is 3.61. The van der Waals surface area contributed by atoms with E-state index in [9.17, 15) is 4.79 Å². The van der Waals surface area contributed by atoms with Gasteiger partial charge in [-0.2, -0.15) is 11.8 Å². The van der Waals surface area contributed by atoms with Crippen molar-refractivity contribution in [2.45, 2.75) is 0 Å². The van der Waals surface area contributed by atoms with E-state index in [-0.39, 0.29) is 5.56 Å². The molecule has 5 nitrogen and oxygen atoms in total. The summed E-state index contributed by atoms with van der Waals surface area (Å²) in [5.74, 6) is 2.60. The van der Waals surface area contributed by atoms with Gasteiger partial charge in [-0.15, -0.1) is 0 Å². The van der Waals surface area contributed by atoms with E-state index in [0.717, 1.165) is 24.6 Å². The Morgan fingerprint density at radius 1 is 1.43 bits per heavy atom. The van der Waals surface area contributed by atoms with Crippen LogP contribution in [-0.4, -0.2) is 34.4 Å². The van der Waals surface area contributed by atoms with Gasteiger partial charge in [0.05, 0.1) is 0 Å². The summed E-state index contributed by atoms with van der Waals surface area (Å²) < 4.78 is 1.42. The Balaban J connectivity index is 2.34. The maximum absolute atomic E-state index is 11.7. The number of aryl methyl sites for hydroxylation is 1. The number of nitrogens with two attached hydrogens (primary N) is 1. The number of nitrogens with one attached hydrogen (secondary N) is 1. The first-order chi connectivity index (χ1) is 6.70. The highest BCUT2D eigenvalue weighted by atomic mass is 32.2. The van der Waals surface area contributed by atoms with Crippen LogP contribution in [0.25, 0.3) is 0 Å². The summed E-state index contributed by atoms with van der Waals surface area (Å²) in [5, 5.41) is 2.81. The van der Waals surface area contributed by atoms with Crippen molar-refractivity contribution in [3.8, 4) is 0 Å². The van der Waals surface area contributed by atoms with Crippen LogP contribution in [0.15, 0.2) is 4.79 Å². The Hall–Kier alpha value is -1.04. The third-order valence-corrected chi connectivity index (χ3v) is 3.32. The van der Waals surface area contributed by atoms with Crippen LogP contribution in [-0.2, 0) is 7.05 Å². The van der Waals surface area contributed by atoms with Crippen LogP contribution in [0, 0.1) is 0 Å². The summed E-state index contributed by atoms with van der Waals surface area (Å²) >= 11 is 1.91. The maximum Gasteiger partial charge on any atom is 0.292 e. The summed E-state index contributed by atoms with van der Waals surface area (Å²) in [6.07, 6.45) is 0. The number of nitrogens with zero attached hydrogens (tertiary/aromatic N) is 2. The largest absolute Gasteiger partial charge is 0.382 e. The third kappa shape index (κ3) is 1.50. The van der Waals surface area contributed by atoms with Crippen molar-refractivity contribution < 1.29 is 0 Å². The number of hydrogen-bond donors (Lipinski definition) is 2. The molecule has 1 aromatic rings. The van der Waals surface area contributed by atoms with Crippen molar-refractivity contribution in [1.29, 1.82) is 0 Å². The molecule has 0 bridgehead atoms. The number of aromatic nitrogens is 2. The van der Waals surface area contributed by atoms with Gasteiger partial charge in [-0.05, 0) is 0 Å². The van der Waals surface area contributed by atoms with Gasteiger partial charge in [-0.1, -0.05) is 0 Å². The van der Waals surface area contributed by atoms with E-state index >= 15 is 0 Å². The zero-order valence-electron chi connectivity index (χ0n) is 8.12. The summed E-state index contributed by atoms with van der Waals surface area (Å²) in [6, 6.07) is 0. The molecular formula is C8H14N4OS. The lowest BCUT2D eigenvalue weighted by Crippen LogP contribution is -2.36. The zero-order chi connectivity index (χ0) is 10.1. The Bertz CT molecular complexity index is 377. The summed E-state index contributed by atoms with van der Waals surface area (Å²) in [4.78, 5) is 13.8. The van der Waals surface area contributed by atoms with Crippen LogP contribution in [0.5, 0.6) is 0 Å². The van der Waals surface area contributed by atoms with Crippen LogP contribution in [0.4, 0.5) is 11.5 Å². The van der Waals surface area contributed by atoms with Gasteiger partial charge in [-0.25, -0.2) is 0 Å². The quantitative estimate of drug-likeness (QED) is 0.682. The lowest BCUT2D eigenvalue weighted by Gasteiger charge is -2.26. The first kappa shape index (κ1) is 9.51. The van der Waals surface area contributed by atoms with E-state index in [1.807, 2.05) is 11.8 Å². The monoisotopic (exact) mass is 214 g/mol. The third-order valence-electron chi connectivity index (χ3n) is 2.38. The molecular weight excluding hydrogens is 200 g/mol. The molecule has 1 saturated heterocycles. The van der Waals surface area contributed by atoms with E-state index in [1.165, 1.54) is 4.68 Å². The summed E-state index contributed by atoms with van der Waals surface area (Å²) in [7, 11) is 1.68. The van der Waals surface area contributed by atoms with Crippen LogP contribution in [0.3, 0.4) is 0 Å². The van der Waals surface area contributed by atoms with E-state index in [1.54, 1.807) is 7.05 Å². The second-order valence-electron chi connectivity index (χ2n) is 3.34. The molecule has 2 rings (SSSR count). The molecule has 0 aromatic carbocycles. The van der Waals surface area contributed by atoms with E-state index < -0.39 is 0 Å². The number of thioether (sulfide) groups is 1. The van der Waals surface area contributed by atoms with Gasteiger partial charge in [0.1, 0.15) is 11.5 Å².